The van der Waals surface area contributed by atoms with Gasteiger partial charge in [-0.25, -0.2) is 0 Å². The minimum Gasteiger partial charge on any atom is -0.504 e. The van der Waals surface area contributed by atoms with Crippen molar-refractivity contribution in [3.8, 4) is 17.2 Å². The molecule has 0 spiro atoms. The highest BCUT2D eigenvalue weighted by atomic mass is 16.3. The van der Waals surface area contributed by atoms with Gasteiger partial charge in [0.05, 0.1) is 0 Å². The lowest BCUT2D eigenvalue weighted by Crippen LogP contribution is -2.42. The third-order valence-corrected chi connectivity index (χ3v) is 6.67. The lowest BCUT2D eigenvalue weighted by Gasteiger charge is -2.48. The third-order valence-electron chi connectivity index (χ3n) is 6.67. The largest absolute Gasteiger partial charge is 0.504 e. The molecule has 0 saturated heterocycles. The molecule has 4 nitrogen and oxygen atoms in total. The number of aromatic hydroxyl groups is 3. The molecule has 1 aromatic carbocycles. The summed E-state index contributed by atoms with van der Waals surface area (Å²) in [5.41, 5.74) is 1.59. The van der Waals surface area contributed by atoms with Crippen LogP contribution in [0.2, 0.25) is 0 Å². The monoisotopic (exact) mass is 302 g/mol. The average Bonchev–Trinajstić information content (AvgIpc) is 2.80. The van der Waals surface area contributed by atoms with E-state index in [1.807, 2.05) is 0 Å². The van der Waals surface area contributed by atoms with Crippen LogP contribution < -0.4 is 0 Å². The maximum atomic E-state index is 12.3. The van der Waals surface area contributed by atoms with Gasteiger partial charge in [0.1, 0.15) is 5.78 Å². The minimum absolute atomic E-state index is 0.163. The summed E-state index contributed by atoms with van der Waals surface area (Å²) in [6.45, 7) is 2.13. The topological polar surface area (TPSA) is 77.8 Å². The lowest BCUT2D eigenvalue weighted by molar-refractivity contribution is -0.129. The predicted octanol–water partition coefficient (Wildman–Crippen LogP) is 3.23. The summed E-state index contributed by atoms with van der Waals surface area (Å²) in [6.07, 6.45) is 5.13. The average molecular weight is 302 g/mol. The lowest BCUT2D eigenvalue weighted by atomic mass is 9.55. The highest BCUT2D eigenvalue weighted by molar-refractivity contribution is 5.87. The molecule has 2 fully saturated rings. The van der Waals surface area contributed by atoms with Gasteiger partial charge >= 0.3 is 0 Å². The molecule has 22 heavy (non-hydrogen) atoms. The second-order valence-corrected chi connectivity index (χ2v) is 7.49. The Morgan fingerprint density at radius 2 is 1.86 bits per heavy atom. The molecule has 3 aliphatic rings. The van der Waals surface area contributed by atoms with Crippen molar-refractivity contribution >= 4 is 5.78 Å². The number of benzene rings is 1. The maximum absolute atomic E-state index is 12.3. The van der Waals surface area contributed by atoms with Crippen LogP contribution in [0.25, 0.3) is 0 Å². The normalized spacial score (nSPS) is 36.6. The Kier molecular flexibility index (Phi) is 2.78. The smallest absolute Gasteiger partial charge is 0.200 e. The van der Waals surface area contributed by atoms with Gasteiger partial charge in [0, 0.05) is 17.4 Å². The fourth-order valence-corrected chi connectivity index (χ4v) is 5.46. The van der Waals surface area contributed by atoms with Crippen LogP contribution in [0.4, 0.5) is 0 Å². The summed E-state index contributed by atoms with van der Waals surface area (Å²) >= 11 is 0. The van der Waals surface area contributed by atoms with Crippen molar-refractivity contribution in [1.29, 1.82) is 0 Å². The van der Waals surface area contributed by atoms with Crippen LogP contribution in [0.3, 0.4) is 0 Å². The molecule has 0 amide bonds. The van der Waals surface area contributed by atoms with E-state index in [0.29, 0.717) is 30.5 Å². The summed E-state index contributed by atoms with van der Waals surface area (Å²) < 4.78 is 0. The number of hydrogen-bond donors (Lipinski definition) is 3. The molecule has 4 heteroatoms. The van der Waals surface area contributed by atoms with Crippen molar-refractivity contribution in [3.63, 3.8) is 0 Å². The molecule has 4 atom stereocenters. The van der Waals surface area contributed by atoms with Gasteiger partial charge in [-0.2, -0.15) is 0 Å². The molecule has 0 radical (unpaired) electrons. The molecule has 4 unspecified atom stereocenters. The number of phenols is 3. The second-order valence-electron chi connectivity index (χ2n) is 7.49. The Morgan fingerprint density at radius 1 is 1.09 bits per heavy atom. The van der Waals surface area contributed by atoms with E-state index in [-0.39, 0.29) is 22.8 Å². The number of phenolic OH excluding ortho intramolecular Hbond substituents is 3. The van der Waals surface area contributed by atoms with Crippen molar-refractivity contribution in [3.05, 3.63) is 17.2 Å². The molecule has 118 valence electrons. The summed E-state index contributed by atoms with van der Waals surface area (Å²) in [7, 11) is 0. The quantitative estimate of drug-likeness (QED) is 0.643. The number of carbonyl (C=O) groups is 1. The van der Waals surface area contributed by atoms with Gasteiger partial charge in [0.15, 0.2) is 11.5 Å². The Labute approximate surface area is 129 Å². The molecule has 1 aromatic rings. The van der Waals surface area contributed by atoms with Crippen LogP contribution in [-0.2, 0) is 11.2 Å². The molecule has 0 bridgehead atoms. The zero-order valence-corrected chi connectivity index (χ0v) is 12.8. The Hall–Kier alpha value is -1.71. The van der Waals surface area contributed by atoms with E-state index in [9.17, 15) is 20.1 Å². The van der Waals surface area contributed by atoms with Crippen molar-refractivity contribution < 1.29 is 20.1 Å². The summed E-state index contributed by atoms with van der Waals surface area (Å²) in [6, 6.07) is 1.63. The zero-order valence-electron chi connectivity index (χ0n) is 12.8. The molecular weight excluding hydrogens is 280 g/mol. The molecule has 3 N–H and O–H groups in total. The van der Waals surface area contributed by atoms with Crippen LogP contribution in [0.1, 0.15) is 56.1 Å². The fraction of sp³-hybridized carbons (Fsp3) is 0.611. The SMILES string of the molecule is CC12CCC3c4cc(O)c(O)c(O)c4CCC3C1CCC2=O. The summed E-state index contributed by atoms with van der Waals surface area (Å²) in [4.78, 5) is 12.3. The first-order valence-electron chi connectivity index (χ1n) is 8.23. The van der Waals surface area contributed by atoms with E-state index in [1.165, 1.54) is 0 Å². The molecule has 4 rings (SSSR count). The fourth-order valence-electron chi connectivity index (χ4n) is 5.46. The Balaban J connectivity index is 1.78. The van der Waals surface area contributed by atoms with E-state index in [2.05, 4.69) is 6.92 Å². The molecule has 0 aromatic heterocycles. The van der Waals surface area contributed by atoms with E-state index in [0.717, 1.165) is 36.8 Å². The van der Waals surface area contributed by atoms with Crippen LogP contribution >= 0.6 is 0 Å². The summed E-state index contributed by atoms with van der Waals surface area (Å²) in [5.74, 6) is 0.750. The molecule has 3 aliphatic carbocycles. The molecule has 2 saturated carbocycles. The second kappa shape index (κ2) is 4.40. The van der Waals surface area contributed by atoms with Crippen LogP contribution in [0.5, 0.6) is 17.2 Å². The van der Waals surface area contributed by atoms with Gasteiger partial charge < -0.3 is 15.3 Å². The van der Waals surface area contributed by atoms with E-state index in [1.54, 1.807) is 6.07 Å². The number of carbonyl (C=O) groups excluding carboxylic acids is 1. The number of ketones is 1. The predicted molar refractivity (Wildman–Crippen MR) is 81.1 cm³/mol. The standard InChI is InChI=1S/C18H22O4/c1-18-7-6-9-10(13(18)4-5-15(18)20)2-3-11-12(9)8-14(19)17(22)16(11)21/h8-10,13,19,21-22H,2-7H2,1H3. The third kappa shape index (κ3) is 1.61. The van der Waals surface area contributed by atoms with Gasteiger partial charge in [-0.1, -0.05) is 6.92 Å². The molecule has 0 aliphatic heterocycles. The van der Waals surface area contributed by atoms with Crippen LogP contribution in [0, 0.1) is 17.3 Å². The molecule has 0 heterocycles. The van der Waals surface area contributed by atoms with Gasteiger partial charge in [-0.15, -0.1) is 0 Å². The Bertz CT molecular complexity index is 666. The summed E-state index contributed by atoms with van der Waals surface area (Å²) in [5, 5.41) is 29.7. The molecular formula is C18H22O4. The van der Waals surface area contributed by atoms with Crippen molar-refractivity contribution in [2.45, 2.75) is 51.4 Å². The van der Waals surface area contributed by atoms with E-state index in [4.69, 9.17) is 0 Å². The number of Topliss-reactive ketones (excluding diaryl/α,β-unsaturated/α-hetero) is 1. The van der Waals surface area contributed by atoms with Gasteiger partial charge in [-0.05, 0) is 61.5 Å². The number of rotatable bonds is 0. The van der Waals surface area contributed by atoms with Crippen molar-refractivity contribution in [2.24, 2.45) is 17.3 Å². The number of fused-ring (bicyclic) bond motifs is 5. The Morgan fingerprint density at radius 3 is 2.64 bits per heavy atom. The zero-order chi connectivity index (χ0) is 15.6. The first kappa shape index (κ1) is 13.9. The van der Waals surface area contributed by atoms with Crippen molar-refractivity contribution in [1.82, 2.24) is 0 Å². The van der Waals surface area contributed by atoms with Crippen LogP contribution in [-0.4, -0.2) is 21.1 Å². The van der Waals surface area contributed by atoms with Gasteiger partial charge in [0.2, 0.25) is 5.75 Å². The van der Waals surface area contributed by atoms with Crippen LogP contribution in [0.15, 0.2) is 6.07 Å². The first-order chi connectivity index (χ1) is 10.4. The maximum Gasteiger partial charge on any atom is 0.200 e. The van der Waals surface area contributed by atoms with Gasteiger partial charge in [-0.3, -0.25) is 4.79 Å². The first-order valence-corrected chi connectivity index (χ1v) is 8.23. The highest BCUT2D eigenvalue weighted by Crippen LogP contribution is 2.61. The van der Waals surface area contributed by atoms with Gasteiger partial charge in [0.25, 0.3) is 0 Å². The van der Waals surface area contributed by atoms with Crippen molar-refractivity contribution in [2.75, 3.05) is 0 Å². The number of hydrogen-bond acceptors (Lipinski definition) is 4. The van der Waals surface area contributed by atoms with E-state index < -0.39 is 5.75 Å². The highest BCUT2D eigenvalue weighted by Gasteiger charge is 2.54. The minimum atomic E-state index is -0.408. The van der Waals surface area contributed by atoms with E-state index >= 15 is 0 Å².